The second kappa shape index (κ2) is 5.25. The Hall–Kier alpha value is -1.49. The van der Waals surface area contributed by atoms with Gasteiger partial charge in [0.15, 0.2) is 0 Å². The summed E-state index contributed by atoms with van der Waals surface area (Å²) >= 11 is 0. The first kappa shape index (κ1) is 13.9. The summed E-state index contributed by atoms with van der Waals surface area (Å²) in [5.41, 5.74) is 6.86. The van der Waals surface area contributed by atoms with Gasteiger partial charge in [-0.25, -0.2) is 0 Å². The Labute approximate surface area is 114 Å². The Morgan fingerprint density at radius 3 is 2.95 bits per heavy atom. The number of anilines is 1. The fourth-order valence-corrected chi connectivity index (χ4v) is 2.68. The van der Waals surface area contributed by atoms with E-state index in [1.165, 1.54) is 0 Å². The molecular formula is C14H23N3O2. The van der Waals surface area contributed by atoms with E-state index in [0.717, 1.165) is 25.9 Å². The number of carbonyl (C=O) groups excluding carboxylic acids is 1. The molecule has 1 saturated heterocycles. The number of amides is 1. The number of methoxy groups -OCH3 is 1. The SMILES string of the molecule is CCn1cc(N)cc1C(=O)N1CCCC(C)(OC)C1. The van der Waals surface area contributed by atoms with Crippen LogP contribution in [0.15, 0.2) is 12.3 Å². The second-order valence-electron chi connectivity index (χ2n) is 5.43. The number of carbonyl (C=O) groups is 1. The highest BCUT2D eigenvalue weighted by Gasteiger charge is 2.34. The van der Waals surface area contributed by atoms with E-state index in [1.54, 1.807) is 13.2 Å². The summed E-state index contributed by atoms with van der Waals surface area (Å²) in [5.74, 6) is 0.0431. The molecule has 1 amide bonds. The molecule has 19 heavy (non-hydrogen) atoms. The molecule has 2 N–H and O–H groups in total. The first-order chi connectivity index (χ1) is 8.99. The third-order valence-corrected chi connectivity index (χ3v) is 3.92. The molecule has 2 heterocycles. The third-order valence-electron chi connectivity index (χ3n) is 3.92. The highest BCUT2D eigenvalue weighted by Crippen LogP contribution is 2.25. The minimum Gasteiger partial charge on any atom is -0.397 e. The molecule has 0 spiro atoms. The zero-order chi connectivity index (χ0) is 14.0. The number of ether oxygens (including phenoxy) is 1. The van der Waals surface area contributed by atoms with E-state index < -0.39 is 0 Å². The lowest BCUT2D eigenvalue weighted by Crippen LogP contribution is -2.50. The third kappa shape index (κ3) is 2.76. The molecule has 1 aromatic heterocycles. The number of nitrogens with two attached hydrogens (primary N) is 1. The average molecular weight is 265 g/mol. The second-order valence-corrected chi connectivity index (χ2v) is 5.43. The van der Waals surface area contributed by atoms with E-state index in [0.29, 0.717) is 17.9 Å². The van der Waals surface area contributed by atoms with Crippen molar-refractivity contribution in [3.8, 4) is 0 Å². The van der Waals surface area contributed by atoms with Crippen LogP contribution < -0.4 is 5.73 Å². The first-order valence-corrected chi connectivity index (χ1v) is 6.79. The summed E-state index contributed by atoms with van der Waals surface area (Å²) in [5, 5.41) is 0. The molecule has 0 aromatic carbocycles. The molecule has 106 valence electrons. The van der Waals surface area contributed by atoms with Gasteiger partial charge in [0.05, 0.1) is 11.3 Å². The highest BCUT2D eigenvalue weighted by molar-refractivity contribution is 5.94. The number of likely N-dealkylation sites (tertiary alicyclic amines) is 1. The topological polar surface area (TPSA) is 60.5 Å². The van der Waals surface area contributed by atoms with E-state index in [2.05, 4.69) is 6.92 Å². The van der Waals surface area contributed by atoms with Gasteiger partial charge in [-0.1, -0.05) is 0 Å². The fourth-order valence-electron chi connectivity index (χ4n) is 2.68. The number of nitrogen functional groups attached to an aromatic ring is 1. The molecule has 0 radical (unpaired) electrons. The molecule has 0 aliphatic carbocycles. The predicted molar refractivity (Wildman–Crippen MR) is 75.1 cm³/mol. The standard InChI is InChI=1S/C14H23N3O2/c1-4-16-9-11(15)8-12(16)13(18)17-7-5-6-14(2,10-17)19-3/h8-9H,4-7,10,15H2,1-3H3. The quantitative estimate of drug-likeness (QED) is 0.905. The minimum atomic E-state index is -0.233. The molecule has 1 aromatic rings. The van der Waals surface area contributed by atoms with Crippen molar-refractivity contribution in [1.82, 2.24) is 9.47 Å². The van der Waals surface area contributed by atoms with Gasteiger partial charge in [-0.2, -0.15) is 0 Å². The van der Waals surface area contributed by atoms with Gasteiger partial charge in [-0.15, -0.1) is 0 Å². The Morgan fingerprint density at radius 1 is 1.58 bits per heavy atom. The van der Waals surface area contributed by atoms with Crippen molar-refractivity contribution < 1.29 is 9.53 Å². The molecule has 5 nitrogen and oxygen atoms in total. The van der Waals surface area contributed by atoms with Gasteiger partial charge in [0.25, 0.3) is 5.91 Å². The smallest absolute Gasteiger partial charge is 0.270 e. The Morgan fingerprint density at radius 2 is 2.32 bits per heavy atom. The average Bonchev–Trinajstić information content (AvgIpc) is 2.79. The van der Waals surface area contributed by atoms with Crippen molar-refractivity contribution in [1.29, 1.82) is 0 Å². The van der Waals surface area contributed by atoms with Crippen LogP contribution in [-0.2, 0) is 11.3 Å². The predicted octanol–water partition coefficient (Wildman–Crippen LogP) is 1.73. The van der Waals surface area contributed by atoms with Crippen molar-refractivity contribution in [2.24, 2.45) is 0 Å². The van der Waals surface area contributed by atoms with Crippen LogP contribution in [0.1, 0.15) is 37.2 Å². The highest BCUT2D eigenvalue weighted by atomic mass is 16.5. The van der Waals surface area contributed by atoms with Crippen molar-refractivity contribution in [3.63, 3.8) is 0 Å². The van der Waals surface area contributed by atoms with Gasteiger partial charge in [-0.3, -0.25) is 4.79 Å². The molecule has 1 fully saturated rings. The monoisotopic (exact) mass is 265 g/mol. The van der Waals surface area contributed by atoms with Crippen molar-refractivity contribution in [2.45, 2.75) is 38.8 Å². The lowest BCUT2D eigenvalue weighted by molar-refractivity contribution is -0.0442. The van der Waals surface area contributed by atoms with Crippen LogP contribution in [0.2, 0.25) is 0 Å². The summed E-state index contributed by atoms with van der Waals surface area (Å²) in [6.07, 6.45) is 3.77. The van der Waals surface area contributed by atoms with Crippen LogP contribution in [0.4, 0.5) is 5.69 Å². The number of aromatic nitrogens is 1. The maximum Gasteiger partial charge on any atom is 0.270 e. The van der Waals surface area contributed by atoms with E-state index in [4.69, 9.17) is 10.5 Å². The van der Waals surface area contributed by atoms with Gasteiger partial charge in [0, 0.05) is 32.9 Å². The van der Waals surface area contributed by atoms with E-state index in [1.807, 2.05) is 22.6 Å². The molecule has 2 rings (SSSR count). The van der Waals surface area contributed by atoms with Crippen LogP contribution in [0.3, 0.4) is 0 Å². The van der Waals surface area contributed by atoms with Gasteiger partial charge in [-0.05, 0) is 32.8 Å². The van der Waals surface area contributed by atoms with Crippen LogP contribution in [0.25, 0.3) is 0 Å². The number of hydrogen-bond acceptors (Lipinski definition) is 3. The molecule has 1 aliphatic rings. The molecule has 1 aliphatic heterocycles. The first-order valence-electron chi connectivity index (χ1n) is 6.79. The lowest BCUT2D eigenvalue weighted by atomic mass is 9.94. The van der Waals surface area contributed by atoms with Crippen LogP contribution in [-0.4, -0.2) is 41.2 Å². The number of rotatable bonds is 3. The van der Waals surface area contributed by atoms with Gasteiger partial charge >= 0.3 is 0 Å². The zero-order valence-corrected chi connectivity index (χ0v) is 12.0. The van der Waals surface area contributed by atoms with Crippen molar-refractivity contribution in [2.75, 3.05) is 25.9 Å². The maximum atomic E-state index is 12.6. The van der Waals surface area contributed by atoms with Gasteiger partial charge in [0.1, 0.15) is 5.69 Å². The van der Waals surface area contributed by atoms with Crippen LogP contribution in [0.5, 0.6) is 0 Å². The summed E-state index contributed by atoms with van der Waals surface area (Å²) in [6, 6.07) is 1.75. The van der Waals surface area contributed by atoms with E-state index in [-0.39, 0.29) is 11.5 Å². The lowest BCUT2D eigenvalue weighted by Gasteiger charge is -2.39. The van der Waals surface area contributed by atoms with Crippen LogP contribution >= 0.6 is 0 Å². The molecule has 5 heteroatoms. The normalized spacial score (nSPS) is 23.6. The molecule has 0 bridgehead atoms. The molecule has 0 saturated carbocycles. The number of nitrogens with zero attached hydrogens (tertiary/aromatic N) is 2. The van der Waals surface area contributed by atoms with Gasteiger partial charge < -0.3 is 19.9 Å². The molecular weight excluding hydrogens is 242 g/mol. The Kier molecular flexibility index (Phi) is 3.85. The Balaban J connectivity index is 2.19. The van der Waals surface area contributed by atoms with Crippen molar-refractivity contribution >= 4 is 11.6 Å². The summed E-state index contributed by atoms with van der Waals surface area (Å²) < 4.78 is 7.43. The van der Waals surface area contributed by atoms with Crippen molar-refractivity contribution in [3.05, 3.63) is 18.0 Å². The molecule has 1 atom stereocenters. The summed E-state index contributed by atoms with van der Waals surface area (Å²) in [7, 11) is 1.71. The zero-order valence-electron chi connectivity index (χ0n) is 12.0. The number of piperidine rings is 1. The maximum absolute atomic E-state index is 12.6. The summed E-state index contributed by atoms with van der Waals surface area (Å²) in [6.45, 7) is 6.22. The van der Waals surface area contributed by atoms with E-state index in [9.17, 15) is 4.79 Å². The number of hydrogen-bond donors (Lipinski definition) is 1. The number of aryl methyl sites for hydroxylation is 1. The van der Waals surface area contributed by atoms with E-state index >= 15 is 0 Å². The largest absolute Gasteiger partial charge is 0.397 e. The Bertz CT molecular complexity index is 469. The minimum absolute atomic E-state index is 0.0431. The van der Waals surface area contributed by atoms with Crippen LogP contribution in [0, 0.1) is 0 Å². The van der Waals surface area contributed by atoms with Gasteiger partial charge in [0.2, 0.25) is 0 Å². The summed E-state index contributed by atoms with van der Waals surface area (Å²) in [4.78, 5) is 14.5. The fraction of sp³-hybridized carbons (Fsp3) is 0.643. The molecule has 1 unspecified atom stereocenters.